The molecule has 2 saturated heterocycles. The normalized spacial score (nSPS) is 21.7. The maximum atomic E-state index is 14.7. The van der Waals surface area contributed by atoms with Crippen molar-refractivity contribution in [1.29, 1.82) is 0 Å². The largest absolute Gasteiger partial charge is 0.377 e. The standard InChI is InChI=1S/C19H26F3N3O2/c1-2-23-5-7-24(8-6-23)17-4-3-14(11-16(17)20)19(26)25-9-10-27-13-15(25)12-18(21)22/h3-4,11,15,18H,2,5-10,12-13H2,1H3. The number of rotatable bonds is 5. The number of alkyl halides is 2. The number of halogens is 3. The van der Waals surface area contributed by atoms with Gasteiger partial charge in [-0.2, -0.15) is 0 Å². The summed E-state index contributed by atoms with van der Waals surface area (Å²) in [6, 6.07) is 3.74. The lowest BCUT2D eigenvalue weighted by Gasteiger charge is -2.36. The molecule has 1 atom stereocenters. The number of ether oxygens (including phenoxy) is 1. The van der Waals surface area contributed by atoms with Gasteiger partial charge in [0.1, 0.15) is 5.82 Å². The van der Waals surface area contributed by atoms with Crippen LogP contribution in [0.15, 0.2) is 18.2 Å². The lowest BCUT2D eigenvalue weighted by Crippen LogP contribution is -2.49. The second-order valence-corrected chi connectivity index (χ2v) is 6.94. The Bertz CT molecular complexity index is 651. The number of benzene rings is 1. The molecule has 2 aliphatic heterocycles. The average molecular weight is 385 g/mol. The third-order valence-electron chi connectivity index (χ3n) is 5.29. The van der Waals surface area contributed by atoms with Crippen molar-refractivity contribution in [3.05, 3.63) is 29.6 Å². The number of hydrogen-bond donors (Lipinski definition) is 0. The molecule has 2 fully saturated rings. The second-order valence-electron chi connectivity index (χ2n) is 6.94. The van der Waals surface area contributed by atoms with Crippen molar-refractivity contribution >= 4 is 11.6 Å². The van der Waals surface area contributed by atoms with Gasteiger partial charge in [0.15, 0.2) is 0 Å². The molecule has 3 rings (SSSR count). The Morgan fingerprint density at radius 3 is 2.59 bits per heavy atom. The van der Waals surface area contributed by atoms with Gasteiger partial charge in [0.25, 0.3) is 5.91 Å². The second kappa shape index (κ2) is 8.93. The van der Waals surface area contributed by atoms with Crippen molar-refractivity contribution in [2.45, 2.75) is 25.8 Å². The van der Waals surface area contributed by atoms with Crippen LogP contribution in [0.5, 0.6) is 0 Å². The predicted octanol–water partition coefficient (Wildman–Crippen LogP) is 2.46. The van der Waals surface area contributed by atoms with Crippen LogP contribution >= 0.6 is 0 Å². The number of anilines is 1. The molecule has 0 radical (unpaired) electrons. The van der Waals surface area contributed by atoms with Crippen LogP contribution in [0.1, 0.15) is 23.7 Å². The number of hydrogen-bond acceptors (Lipinski definition) is 4. The number of carbonyl (C=O) groups excluding carboxylic acids is 1. The highest BCUT2D eigenvalue weighted by molar-refractivity contribution is 5.95. The minimum Gasteiger partial charge on any atom is -0.377 e. The summed E-state index contributed by atoms with van der Waals surface area (Å²) in [6.07, 6.45) is -2.96. The first-order chi connectivity index (χ1) is 13.0. The smallest absolute Gasteiger partial charge is 0.254 e. The maximum absolute atomic E-state index is 14.7. The summed E-state index contributed by atoms with van der Waals surface area (Å²) in [7, 11) is 0. The summed E-state index contributed by atoms with van der Waals surface area (Å²) < 4.78 is 45.4. The molecule has 2 heterocycles. The molecule has 1 aromatic rings. The van der Waals surface area contributed by atoms with Crippen LogP contribution < -0.4 is 4.90 Å². The van der Waals surface area contributed by atoms with E-state index in [0.717, 1.165) is 32.7 Å². The van der Waals surface area contributed by atoms with Gasteiger partial charge in [0.2, 0.25) is 6.43 Å². The first kappa shape index (κ1) is 19.9. The Balaban J connectivity index is 1.71. The van der Waals surface area contributed by atoms with Crippen LogP contribution in [-0.4, -0.2) is 80.7 Å². The number of piperazine rings is 1. The minimum atomic E-state index is -2.52. The van der Waals surface area contributed by atoms with E-state index in [4.69, 9.17) is 4.74 Å². The van der Waals surface area contributed by atoms with Gasteiger partial charge in [0.05, 0.1) is 24.9 Å². The highest BCUT2D eigenvalue weighted by Crippen LogP contribution is 2.24. The van der Waals surface area contributed by atoms with Crippen molar-refractivity contribution in [3.63, 3.8) is 0 Å². The van der Waals surface area contributed by atoms with Gasteiger partial charge in [-0.15, -0.1) is 0 Å². The third-order valence-corrected chi connectivity index (χ3v) is 5.29. The molecule has 5 nitrogen and oxygen atoms in total. The van der Waals surface area contributed by atoms with Gasteiger partial charge >= 0.3 is 0 Å². The fourth-order valence-corrected chi connectivity index (χ4v) is 3.69. The van der Waals surface area contributed by atoms with E-state index in [1.54, 1.807) is 12.1 Å². The quantitative estimate of drug-likeness (QED) is 0.780. The lowest BCUT2D eigenvalue weighted by molar-refractivity contribution is -0.0216. The van der Waals surface area contributed by atoms with Gasteiger partial charge < -0.3 is 19.4 Å². The van der Waals surface area contributed by atoms with E-state index in [2.05, 4.69) is 11.8 Å². The summed E-state index contributed by atoms with van der Waals surface area (Å²) in [5.41, 5.74) is 0.665. The molecular weight excluding hydrogens is 359 g/mol. The molecule has 0 bridgehead atoms. The molecular formula is C19H26F3N3O2. The van der Waals surface area contributed by atoms with E-state index >= 15 is 0 Å². The molecule has 1 aromatic carbocycles. The highest BCUT2D eigenvalue weighted by Gasteiger charge is 2.31. The molecule has 1 unspecified atom stereocenters. The van der Waals surface area contributed by atoms with Crippen LogP contribution in [0.2, 0.25) is 0 Å². The molecule has 1 amide bonds. The molecule has 0 aromatic heterocycles. The first-order valence-electron chi connectivity index (χ1n) is 9.43. The molecule has 8 heteroatoms. The van der Waals surface area contributed by atoms with Crippen molar-refractivity contribution in [2.75, 3.05) is 57.4 Å². The van der Waals surface area contributed by atoms with Crippen LogP contribution in [-0.2, 0) is 4.74 Å². The molecule has 0 saturated carbocycles. The van der Waals surface area contributed by atoms with E-state index in [1.165, 1.54) is 11.0 Å². The van der Waals surface area contributed by atoms with Gasteiger partial charge in [-0.05, 0) is 24.7 Å². The molecule has 0 N–H and O–H groups in total. The Hall–Kier alpha value is -1.80. The third kappa shape index (κ3) is 4.73. The van der Waals surface area contributed by atoms with Crippen LogP contribution in [0.3, 0.4) is 0 Å². The summed E-state index contributed by atoms with van der Waals surface area (Å²) in [4.78, 5) is 18.4. The van der Waals surface area contributed by atoms with E-state index < -0.39 is 30.6 Å². The zero-order chi connectivity index (χ0) is 19.4. The first-order valence-corrected chi connectivity index (χ1v) is 9.43. The van der Waals surface area contributed by atoms with E-state index in [9.17, 15) is 18.0 Å². The molecule has 150 valence electrons. The van der Waals surface area contributed by atoms with E-state index in [1.807, 2.05) is 4.90 Å². The number of nitrogens with zero attached hydrogens (tertiary/aromatic N) is 3. The summed E-state index contributed by atoms with van der Waals surface area (Å²) in [5, 5.41) is 0. The SMILES string of the molecule is CCN1CCN(c2ccc(C(=O)N3CCOCC3CC(F)F)cc2F)CC1. The number of morpholine rings is 1. The zero-order valence-corrected chi connectivity index (χ0v) is 15.5. The van der Waals surface area contributed by atoms with Crippen LogP contribution in [0.4, 0.5) is 18.9 Å². The van der Waals surface area contributed by atoms with Crippen LogP contribution in [0.25, 0.3) is 0 Å². The predicted molar refractivity (Wildman–Crippen MR) is 97.0 cm³/mol. The number of amides is 1. The Morgan fingerprint density at radius 2 is 1.96 bits per heavy atom. The highest BCUT2D eigenvalue weighted by atomic mass is 19.3. The Kier molecular flexibility index (Phi) is 6.59. The molecule has 2 aliphatic rings. The average Bonchev–Trinajstić information content (AvgIpc) is 2.67. The molecule has 27 heavy (non-hydrogen) atoms. The van der Waals surface area contributed by atoms with Crippen molar-refractivity contribution in [2.24, 2.45) is 0 Å². The van der Waals surface area contributed by atoms with E-state index in [0.29, 0.717) is 12.3 Å². The van der Waals surface area contributed by atoms with Gasteiger partial charge in [0, 0.05) is 44.7 Å². The monoisotopic (exact) mass is 385 g/mol. The lowest BCUT2D eigenvalue weighted by atomic mass is 10.1. The fraction of sp³-hybridized carbons (Fsp3) is 0.632. The minimum absolute atomic E-state index is 0.0817. The van der Waals surface area contributed by atoms with Crippen molar-refractivity contribution in [1.82, 2.24) is 9.80 Å². The summed E-state index contributed by atoms with van der Waals surface area (Å²) in [6.45, 7) is 6.91. The van der Waals surface area contributed by atoms with Crippen molar-refractivity contribution in [3.8, 4) is 0 Å². The number of carbonyl (C=O) groups is 1. The van der Waals surface area contributed by atoms with Gasteiger partial charge in [-0.3, -0.25) is 4.79 Å². The van der Waals surface area contributed by atoms with E-state index in [-0.39, 0.29) is 18.7 Å². The zero-order valence-electron chi connectivity index (χ0n) is 15.5. The Morgan fingerprint density at radius 1 is 1.22 bits per heavy atom. The number of likely N-dealkylation sites (N-methyl/N-ethyl adjacent to an activating group) is 1. The van der Waals surface area contributed by atoms with Gasteiger partial charge in [-0.1, -0.05) is 6.92 Å². The summed E-state index contributed by atoms with van der Waals surface area (Å²) >= 11 is 0. The fourth-order valence-electron chi connectivity index (χ4n) is 3.69. The summed E-state index contributed by atoms with van der Waals surface area (Å²) in [5.74, 6) is -0.880. The molecule has 0 aliphatic carbocycles. The van der Waals surface area contributed by atoms with Crippen LogP contribution in [0, 0.1) is 5.82 Å². The van der Waals surface area contributed by atoms with Crippen molar-refractivity contribution < 1.29 is 22.7 Å². The Labute approximate surface area is 157 Å². The van der Waals surface area contributed by atoms with Gasteiger partial charge in [-0.25, -0.2) is 13.2 Å². The topological polar surface area (TPSA) is 36.0 Å². The maximum Gasteiger partial charge on any atom is 0.254 e. The molecule has 0 spiro atoms.